The van der Waals surface area contributed by atoms with Crippen LogP contribution >= 0.6 is 0 Å². The van der Waals surface area contributed by atoms with E-state index in [4.69, 9.17) is 0 Å². The van der Waals surface area contributed by atoms with Crippen molar-refractivity contribution in [2.45, 2.75) is 45.6 Å². The summed E-state index contributed by atoms with van der Waals surface area (Å²) in [5, 5.41) is 2.77. The summed E-state index contributed by atoms with van der Waals surface area (Å²) in [7, 11) is -5.13. The van der Waals surface area contributed by atoms with E-state index >= 15 is 0 Å². The molecule has 0 bridgehead atoms. The van der Waals surface area contributed by atoms with Crippen LogP contribution < -0.4 is 9.50 Å². The van der Waals surface area contributed by atoms with Crippen LogP contribution in [-0.2, 0) is 10.5 Å². The minimum atomic E-state index is -5.13. The molecule has 6 nitrogen and oxygen atoms in total. The van der Waals surface area contributed by atoms with Crippen LogP contribution in [0.25, 0.3) is 0 Å². The first kappa shape index (κ1) is 17.4. The van der Waals surface area contributed by atoms with Crippen molar-refractivity contribution in [2.24, 2.45) is 0 Å². The minimum absolute atomic E-state index is 0.0152. The molecule has 1 unspecified atom stereocenters. The Morgan fingerprint density at radius 3 is 2.76 bits per heavy atom. The van der Waals surface area contributed by atoms with Crippen molar-refractivity contribution < 1.29 is 21.3 Å². The van der Waals surface area contributed by atoms with Crippen molar-refractivity contribution in [1.29, 1.82) is 0 Å². The maximum absolute atomic E-state index is 12.4. The van der Waals surface area contributed by atoms with Gasteiger partial charge >= 0.3 is 10.5 Å². The van der Waals surface area contributed by atoms with Gasteiger partial charge in [0.2, 0.25) is 0 Å². The van der Waals surface area contributed by atoms with Crippen molar-refractivity contribution >= 4 is 16.4 Å². The Balaban J connectivity index is 2.64. The van der Waals surface area contributed by atoms with Crippen molar-refractivity contribution in [3.8, 4) is 5.75 Å². The molecule has 0 spiro atoms. The highest BCUT2D eigenvalue weighted by Crippen LogP contribution is 2.14. The Hall–Kier alpha value is -1.70. The number of nitrogens with zero attached hydrogens (tertiary/aromatic N) is 1. The van der Waals surface area contributed by atoms with Crippen LogP contribution in [0.3, 0.4) is 0 Å². The van der Waals surface area contributed by atoms with E-state index in [1.165, 1.54) is 6.20 Å². The van der Waals surface area contributed by atoms with E-state index < -0.39 is 16.4 Å². The Morgan fingerprint density at radius 1 is 1.43 bits per heavy atom. The minimum Gasteiger partial charge on any atom is -0.357 e. The molecule has 0 aliphatic heterocycles. The number of nitrogens with one attached hydrogen (secondary N) is 1. The highest BCUT2D eigenvalue weighted by Gasteiger charge is 2.14. The monoisotopic (exact) mass is 318 g/mol. The molecule has 118 valence electrons. The van der Waals surface area contributed by atoms with E-state index in [0.29, 0.717) is 0 Å². The SMILES string of the molecule is CCCCCC(C)NC(=O)c1cncc(OS(=O)(=O)F)c1. The van der Waals surface area contributed by atoms with Gasteiger partial charge in [-0.15, -0.1) is 0 Å². The summed E-state index contributed by atoms with van der Waals surface area (Å²) in [5.41, 5.74) is 0.110. The smallest absolute Gasteiger partial charge is 0.357 e. The number of carbonyl (C=O) groups excluding carboxylic acids is 1. The third kappa shape index (κ3) is 7.03. The summed E-state index contributed by atoms with van der Waals surface area (Å²) in [5.74, 6) is -0.753. The predicted molar refractivity (Wildman–Crippen MR) is 76.0 cm³/mol. The van der Waals surface area contributed by atoms with Gasteiger partial charge in [-0.05, 0) is 19.4 Å². The third-order valence-electron chi connectivity index (χ3n) is 2.79. The first-order valence-electron chi connectivity index (χ1n) is 6.72. The van der Waals surface area contributed by atoms with Gasteiger partial charge in [-0.3, -0.25) is 9.78 Å². The quantitative estimate of drug-likeness (QED) is 0.587. The molecule has 21 heavy (non-hydrogen) atoms. The Labute approximate surface area is 124 Å². The molecule has 1 heterocycles. The zero-order valence-corrected chi connectivity index (χ0v) is 12.8. The summed E-state index contributed by atoms with van der Waals surface area (Å²) in [6, 6.07) is 1.11. The largest absolute Gasteiger partial charge is 0.488 e. The van der Waals surface area contributed by atoms with Crippen LogP contribution in [0.4, 0.5) is 3.89 Å². The number of hydrogen-bond donors (Lipinski definition) is 1. The molecule has 1 N–H and O–H groups in total. The maximum Gasteiger partial charge on any atom is 0.488 e. The van der Waals surface area contributed by atoms with E-state index in [0.717, 1.165) is 37.9 Å². The molecule has 0 radical (unpaired) electrons. The maximum atomic E-state index is 12.4. The molecule has 1 aromatic heterocycles. The highest BCUT2D eigenvalue weighted by molar-refractivity contribution is 7.81. The lowest BCUT2D eigenvalue weighted by Gasteiger charge is -2.13. The fourth-order valence-electron chi connectivity index (χ4n) is 1.78. The topological polar surface area (TPSA) is 85.4 Å². The molecule has 0 saturated carbocycles. The standard InChI is InChI=1S/C13H19FN2O4S/c1-3-4-5-6-10(2)16-13(17)11-7-12(9-15-8-11)20-21(14,18)19/h7-10H,3-6H2,1-2H3,(H,16,17). The summed E-state index contributed by atoms with van der Waals surface area (Å²) in [4.78, 5) is 15.6. The molecular formula is C13H19FN2O4S. The fraction of sp³-hybridized carbons (Fsp3) is 0.538. The van der Waals surface area contributed by atoms with Crippen LogP contribution in [0, 0.1) is 0 Å². The molecule has 1 atom stereocenters. The number of amides is 1. The van der Waals surface area contributed by atoms with Crippen molar-refractivity contribution in [2.75, 3.05) is 0 Å². The van der Waals surface area contributed by atoms with Gasteiger partial charge in [-0.1, -0.05) is 30.1 Å². The van der Waals surface area contributed by atoms with E-state index in [9.17, 15) is 17.1 Å². The van der Waals surface area contributed by atoms with Gasteiger partial charge in [0, 0.05) is 12.2 Å². The lowest BCUT2D eigenvalue weighted by atomic mass is 10.1. The first-order valence-corrected chi connectivity index (χ1v) is 8.02. The molecule has 0 aromatic carbocycles. The number of hydrogen-bond acceptors (Lipinski definition) is 5. The molecule has 1 rings (SSSR count). The number of halogens is 1. The first-order chi connectivity index (χ1) is 9.81. The zero-order chi connectivity index (χ0) is 15.9. The average molecular weight is 318 g/mol. The lowest BCUT2D eigenvalue weighted by Crippen LogP contribution is -2.32. The van der Waals surface area contributed by atoms with Crippen LogP contribution in [-0.4, -0.2) is 25.4 Å². The second-order valence-electron chi connectivity index (χ2n) is 4.76. The van der Waals surface area contributed by atoms with Crippen LogP contribution in [0.1, 0.15) is 49.9 Å². The van der Waals surface area contributed by atoms with Gasteiger partial charge in [0.1, 0.15) is 0 Å². The van der Waals surface area contributed by atoms with Gasteiger partial charge in [-0.2, -0.15) is 8.42 Å². The van der Waals surface area contributed by atoms with Gasteiger partial charge in [-0.25, -0.2) is 0 Å². The van der Waals surface area contributed by atoms with Crippen molar-refractivity contribution in [1.82, 2.24) is 10.3 Å². The number of unbranched alkanes of at least 4 members (excludes halogenated alkanes) is 2. The van der Waals surface area contributed by atoms with E-state index in [1.54, 1.807) is 0 Å². The summed E-state index contributed by atoms with van der Waals surface area (Å²) in [6.07, 6.45) is 6.33. The molecule has 1 aromatic rings. The van der Waals surface area contributed by atoms with E-state index in [1.807, 2.05) is 6.92 Å². The third-order valence-corrected chi connectivity index (χ3v) is 3.18. The number of carbonyl (C=O) groups is 1. The predicted octanol–water partition coefficient (Wildman–Crippen LogP) is 2.37. The molecule has 1 amide bonds. The fourth-order valence-corrected chi connectivity index (χ4v) is 2.10. The van der Waals surface area contributed by atoms with Gasteiger partial charge < -0.3 is 9.50 Å². The molecule has 0 saturated heterocycles. The Morgan fingerprint density at radius 2 is 2.14 bits per heavy atom. The normalized spacial score (nSPS) is 12.7. The summed E-state index contributed by atoms with van der Waals surface area (Å²) >= 11 is 0. The van der Waals surface area contributed by atoms with Crippen LogP contribution in [0.15, 0.2) is 18.5 Å². The molecule has 0 aliphatic carbocycles. The number of pyridine rings is 1. The van der Waals surface area contributed by atoms with E-state index in [-0.39, 0.29) is 17.4 Å². The van der Waals surface area contributed by atoms with Gasteiger partial charge in [0.05, 0.1) is 11.8 Å². The van der Waals surface area contributed by atoms with Gasteiger partial charge in [0.15, 0.2) is 5.75 Å². The number of rotatable bonds is 8. The average Bonchev–Trinajstić information content (AvgIpc) is 2.37. The molecule has 0 fully saturated rings. The molecule has 0 aliphatic rings. The van der Waals surface area contributed by atoms with Crippen LogP contribution in [0.2, 0.25) is 0 Å². The van der Waals surface area contributed by atoms with Gasteiger partial charge in [0.25, 0.3) is 5.91 Å². The summed E-state index contributed by atoms with van der Waals surface area (Å²) < 4.78 is 37.2. The van der Waals surface area contributed by atoms with Crippen molar-refractivity contribution in [3.63, 3.8) is 0 Å². The second-order valence-corrected chi connectivity index (χ2v) is 5.71. The Bertz CT molecular complexity index is 577. The highest BCUT2D eigenvalue weighted by atomic mass is 32.3. The summed E-state index contributed by atoms with van der Waals surface area (Å²) in [6.45, 7) is 3.98. The number of aromatic nitrogens is 1. The van der Waals surface area contributed by atoms with Crippen molar-refractivity contribution in [3.05, 3.63) is 24.0 Å². The lowest BCUT2D eigenvalue weighted by molar-refractivity contribution is 0.0937. The second kappa shape index (κ2) is 7.92. The molecular weight excluding hydrogens is 299 g/mol. The molecule has 8 heteroatoms. The van der Waals surface area contributed by atoms with E-state index in [2.05, 4.69) is 21.4 Å². The Kier molecular flexibility index (Phi) is 6.54. The zero-order valence-electron chi connectivity index (χ0n) is 12.0. The van der Waals surface area contributed by atoms with Crippen LogP contribution in [0.5, 0.6) is 5.75 Å².